The first kappa shape index (κ1) is 16.9. The van der Waals surface area contributed by atoms with Gasteiger partial charge in [0.05, 0.1) is 10.6 Å². The van der Waals surface area contributed by atoms with Crippen molar-refractivity contribution >= 4 is 39.0 Å². The van der Waals surface area contributed by atoms with Crippen molar-refractivity contribution < 1.29 is 9.72 Å². The lowest BCUT2D eigenvalue weighted by Crippen LogP contribution is -2.11. The van der Waals surface area contributed by atoms with Gasteiger partial charge < -0.3 is 4.98 Å². The number of H-pyrrole nitrogens is 1. The summed E-state index contributed by atoms with van der Waals surface area (Å²) in [5.41, 5.74) is 3.88. The summed E-state index contributed by atoms with van der Waals surface area (Å²) in [6.07, 6.45) is 0. The van der Waals surface area contributed by atoms with Crippen LogP contribution in [-0.2, 0) is 0 Å². The molecule has 2 heterocycles. The number of nitrogens with one attached hydrogen (secondary N) is 2. The molecule has 8 heteroatoms. The number of hydrogen-bond acceptors (Lipinski definition) is 5. The molecule has 0 aliphatic heterocycles. The monoisotopic (exact) mass is 378 g/mol. The number of para-hydroxylation sites is 1. The van der Waals surface area contributed by atoms with Gasteiger partial charge in [-0.3, -0.25) is 20.2 Å². The smallest absolute Gasteiger partial charge is 0.270 e. The van der Waals surface area contributed by atoms with Gasteiger partial charge >= 0.3 is 0 Å². The van der Waals surface area contributed by atoms with Crippen LogP contribution in [0.15, 0.2) is 53.9 Å². The number of non-ortho nitro benzene ring substituents is 1. The first-order valence-electron chi connectivity index (χ1n) is 8.12. The van der Waals surface area contributed by atoms with Crippen LogP contribution in [0.3, 0.4) is 0 Å². The van der Waals surface area contributed by atoms with Crippen LogP contribution in [-0.4, -0.2) is 20.8 Å². The van der Waals surface area contributed by atoms with E-state index >= 15 is 0 Å². The van der Waals surface area contributed by atoms with Crippen molar-refractivity contribution in [3.8, 4) is 11.3 Å². The van der Waals surface area contributed by atoms with Crippen molar-refractivity contribution in [2.75, 3.05) is 5.32 Å². The van der Waals surface area contributed by atoms with E-state index in [-0.39, 0.29) is 11.3 Å². The molecule has 0 saturated heterocycles. The van der Waals surface area contributed by atoms with Gasteiger partial charge in [-0.2, -0.15) is 0 Å². The summed E-state index contributed by atoms with van der Waals surface area (Å²) in [5.74, 6) is -0.435. The highest BCUT2D eigenvalue weighted by atomic mass is 32.1. The normalized spacial score (nSPS) is 10.9. The molecule has 2 aromatic carbocycles. The molecule has 2 aromatic heterocycles. The third kappa shape index (κ3) is 3.18. The molecule has 0 radical (unpaired) electrons. The van der Waals surface area contributed by atoms with Crippen LogP contribution < -0.4 is 5.32 Å². The van der Waals surface area contributed by atoms with Crippen LogP contribution in [0.1, 0.15) is 16.1 Å². The zero-order chi connectivity index (χ0) is 19.0. The van der Waals surface area contributed by atoms with E-state index < -0.39 is 10.8 Å². The van der Waals surface area contributed by atoms with Gasteiger partial charge in [0.1, 0.15) is 0 Å². The molecule has 0 aliphatic carbocycles. The van der Waals surface area contributed by atoms with Crippen molar-refractivity contribution in [2.45, 2.75) is 6.92 Å². The SMILES string of the molecule is Cc1[nH]c2ccccc2c1-c1csc(NC(=O)c2cccc([N+](=O)[O-])c2)n1. The third-order valence-electron chi connectivity index (χ3n) is 4.19. The number of nitro benzene ring substituents is 1. The lowest BCUT2D eigenvalue weighted by Gasteiger charge is -2.01. The highest BCUT2D eigenvalue weighted by molar-refractivity contribution is 7.14. The van der Waals surface area contributed by atoms with Crippen molar-refractivity contribution in [3.05, 3.63) is 75.3 Å². The number of fused-ring (bicyclic) bond motifs is 1. The van der Waals surface area contributed by atoms with E-state index in [1.165, 1.54) is 35.6 Å². The first-order chi connectivity index (χ1) is 13.0. The number of carbonyl (C=O) groups is 1. The molecule has 4 rings (SSSR count). The Kier molecular flexibility index (Phi) is 4.17. The van der Waals surface area contributed by atoms with E-state index in [0.717, 1.165) is 27.9 Å². The number of aryl methyl sites for hydroxylation is 1. The zero-order valence-electron chi connectivity index (χ0n) is 14.2. The number of nitro groups is 1. The molecule has 0 spiro atoms. The van der Waals surface area contributed by atoms with Crippen LogP contribution in [0, 0.1) is 17.0 Å². The fourth-order valence-corrected chi connectivity index (χ4v) is 3.68. The van der Waals surface area contributed by atoms with Gasteiger partial charge in [0.15, 0.2) is 5.13 Å². The number of aromatic amines is 1. The van der Waals surface area contributed by atoms with Gasteiger partial charge in [-0.25, -0.2) is 4.98 Å². The molecule has 0 unspecified atom stereocenters. The number of benzene rings is 2. The van der Waals surface area contributed by atoms with Gasteiger partial charge in [-0.05, 0) is 19.1 Å². The van der Waals surface area contributed by atoms with Crippen molar-refractivity contribution in [1.29, 1.82) is 0 Å². The Balaban J connectivity index is 1.61. The molecule has 0 bridgehead atoms. The first-order valence-corrected chi connectivity index (χ1v) is 9.00. The highest BCUT2D eigenvalue weighted by Crippen LogP contribution is 2.34. The Labute approximate surface area is 157 Å². The largest absolute Gasteiger partial charge is 0.358 e. The maximum atomic E-state index is 12.4. The molecular formula is C19H14N4O3S. The minimum atomic E-state index is -0.530. The number of hydrogen-bond donors (Lipinski definition) is 2. The summed E-state index contributed by atoms with van der Waals surface area (Å²) in [5, 5.41) is 17.0. The number of thiazole rings is 1. The molecule has 0 atom stereocenters. The average molecular weight is 378 g/mol. The Morgan fingerprint density at radius 2 is 2.04 bits per heavy atom. The van der Waals surface area contributed by atoms with Crippen LogP contribution in [0.2, 0.25) is 0 Å². The molecule has 27 heavy (non-hydrogen) atoms. The van der Waals surface area contributed by atoms with Crippen LogP contribution >= 0.6 is 11.3 Å². The number of carbonyl (C=O) groups excluding carboxylic acids is 1. The summed E-state index contributed by atoms with van der Waals surface area (Å²) in [6.45, 7) is 1.98. The topological polar surface area (TPSA) is 101 Å². The number of rotatable bonds is 4. The Bertz CT molecular complexity index is 1180. The van der Waals surface area contributed by atoms with Gasteiger partial charge in [-0.1, -0.05) is 24.3 Å². The Morgan fingerprint density at radius 3 is 2.85 bits per heavy atom. The number of aromatic nitrogens is 2. The van der Waals surface area contributed by atoms with Gasteiger partial charge in [0.2, 0.25) is 0 Å². The van der Waals surface area contributed by atoms with Crippen molar-refractivity contribution in [2.24, 2.45) is 0 Å². The second-order valence-corrected chi connectivity index (χ2v) is 6.83. The molecule has 2 N–H and O–H groups in total. The average Bonchev–Trinajstić information content (AvgIpc) is 3.24. The third-order valence-corrected chi connectivity index (χ3v) is 4.95. The van der Waals surface area contributed by atoms with Gasteiger partial charge in [0.25, 0.3) is 11.6 Å². The fourth-order valence-electron chi connectivity index (χ4n) is 2.98. The van der Waals surface area contributed by atoms with E-state index in [1.807, 2.05) is 36.6 Å². The minimum absolute atomic E-state index is 0.128. The Morgan fingerprint density at radius 1 is 1.22 bits per heavy atom. The minimum Gasteiger partial charge on any atom is -0.358 e. The number of amides is 1. The van der Waals surface area contributed by atoms with Gasteiger partial charge in [0, 0.05) is 45.2 Å². The van der Waals surface area contributed by atoms with E-state index in [9.17, 15) is 14.9 Å². The quantitative estimate of drug-likeness (QED) is 0.395. The Hall–Kier alpha value is -3.52. The molecule has 0 aliphatic rings. The second-order valence-electron chi connectivity index (χ2n) is 5.97. The summed E-state index contributed by atoms with van der Waals surface area (Å²) >= 11 is 1.31. The fraction of sp³-hybridized carbons (Fsp3) is 0.0526. The highest BCUT2D eigenvalue weighted by Gasteiger charge is 2.16. The van der Waals surface area contributed by atoms with Crippen LogP contribution in [0.4, 0.5) is 10.8 Å². The molecule has 0 fully saturated rings. The number of nitrogens with zero attached hydrogens (tertiary/aromatic N) is 2. The van der Waals surface area contributed by atoms with Crippen molar-refractivity contribution in [1.82, 2.24) is 9.97 Å². The lowest BCUT2D eigenvalue weighted by atomic mass is 10.1. The van der Waals surface area contributed by atoms with E-state index in [4.69, 9.17) is 0 Å². The molecule has 7 nitrogen and oxygen atoms in total. The van der Waals surface area contributed by atoms with Crippen molar-refractivity contribution in [3.63, 3.8) is 0 Å². The molecule has 1 amide bonds. The number of anilines is 1. The maximum Gasteiger partial charge on any atom is 0.270 e. The predicted octanol–water partition coefficient (Wildman–Crippen LogP) is 4.76. The second kappa shape index (κ2) is 6.65. The molecule has 4 aromatic rings. The predicted molar refractivity (Wildman–Crippen MR) is 105 cm³/mol. The molecular weight excluding hydrogens is 364 g/mol. The van der Waals surface area contributed by atoms with E-state index in [1.54, 1.807) is 0 Å². The maximum absolute atomic E-state index is 12.4. The summed E-state index contributed by atoms with van der Waals surface area (Å²) in [4.78, 5) is 30.6. The summed E-state index contributed by atoms with van der Waals surface area (Å²) < 4.78 is 0. The molecule has 0 saturated carbocycles. The van der Waals surface area contributed by atoms with E-state index in [2.05, 4.69) is 15.3 Å². The molecule has 134 valence electrons. The van der Waals surface area contributed by atoms with Crippen LogP contribution in [0.25, 0.3) is 22.2 Å². The summed E-state index contributed by atoms with van der Waals surface area (Å²) in [6, 6.07) is 13.6. The zero-order valence-corrected chi connectivity index (χ0v) is 15.0. The van der Waals surface area contributed by atoms with E-state index in [0.29, 0.717) is 5.13 Å². The van der Waals surface area contributed by atoms with Crippen LogP contribution in [0.5, 0.6) is 0 Å². The summed E-state index contributed by atoms with van der Waals surface area (Å²) in [7, 11) is 0. The van der Waals surface area contributed by atoms with Gasteiger partial charge in [-0.15, -0.1) is 11.3 Å². The standard InChI is InChI=1S/C19H14N4O3S/c1-11-17(14-7-2-3-8-15(14)20-11)16-10-27-19(21-16)22-18(24)12-5-4-6-13(9-12)23(25)26/h2-10,20H,1H3,(H,21,22,24). The lowest BCUT2D eigenvalue weighted by molar-refractivity contribution is -0.384.